The van der Waals surface area contributed by atoms with Crippen molar-refractivity contribution in [3.05, 3.63) is 0 Å². The molecule has 6 heteroatoms. The molecule has 0 aromatic rings. The predicted molar refractivity (Wildman–Crippen MR) is 64.1 cm³/mol. The van der Waals surface area contributed by atoms with Crippen LogP contribution in [0.5, 0.6) is 0 Å². The van der Waals surface area contributed by atoms with Crippen LogP contribution in [-0.4, -0.2) is 64.8 Å². The van der Waals surface area contributed by atoms with E-state index in [0.29, 0.717) is 32.0 Å². The number of hydrogen-bond acceptors (Lipinski definition) is 3. The lowest BCUT2D eigenvalue weighted by Crippen LogP contribution is -2.41. The van der Waals surface area contributed by atoms with E-state index in [9.17, 15) is 9.59 Å². The average molecular weight is 256 g/mol. The van der Waals surface area contributed by atoms with E-state index in [4.69, 9.17) is 10.2 Å². The van der Waals surface area contributed by atoms with Gasteiger partial charge in [-0.2, -0.15) is 0 Å². The van der Waals surface area contributed by atoms with Crippen LogP contribution in [0, 0.1) is 11.8 Å². The van der Waals surface area contributed by atoms with E-state index < -0.39 is 11.9 Å². The van der Waals surface area contributed by atoms with Gasteiger partial charge in [0.2, 0.25) is 0 Å². The lowest BCUT2D eigenvalue weighted by atomic mass is 10.1. The number of carbonyl (C=O) groups excluding carboxylic acids is 1. The summed E-state index contributed by atoms with van der Waals surface area (Å²) in [6, 6.07) is -0.0424. The largest absolute Gasteiger partial charge is 0.481 e. The summed E-state index contributed by atoms with van der Waals surface area (Å²) >= 11 is 0. The fourth-order valence-corrected chi connectivity index (χ4v) is 2.76. The quantitative estimate of drug-likeness (QED) is 0.756. The lowest BCUT2D eigenvalue weighted by molar-refractivity contribution is -0.141. The Hall–Kier alpha value is -1.30. The third-order valence-corrected chi connectivity index (χ3v) is 3.90. The van der Waals surface area contributed by atoms with Gasteiger partial charge in [-0.3, -0.25) is 4.79 Å². The van der Waals surface area contributed by atoms with Gasteiger partial charge < -0.3 is 20.0 Å². The molecule has 2 N–H and O–H groups in total. The van der Waals surface area contributed by atoms with Crippen molar-refractivity contribution in [3.8, 4) is 0 Å². The van der Waals surface area contributed by atoms with E-state index in [2.05, 4.69) is 0 Å². The van der Waals surface area contributed by atoms with Crippen molar-refractivity contribution < 1.29 is 19.8 Å². The molecule has 2 atom stereocenters. The molecule has 2 saturated heterocycles. The van der Waals surface area contributed by atoms with Crippen molar-refractivity contribution in [2.75, 3.05) is 32.8 Å². The van der Waals surface area contributed by atoms with Gasteiger partial charge >= 0.3 is 12.0 Å². The van der Waals surface area contributed by atoms with E-state index in [0.717, 1.165) is 19.4 Å². The minimum Gasteiger partial charge on any atom is -0.481 e. The number of carboxylic acids is 1. The smallest absolute Gasteiger partial charge is 0.320 e. The monoisotopic (exact) mass is 256 g/mol. The zero-order valence-electron chi connectivity index (χ0n) is 10.4. The number of aliphatic hydroxyl groups excluding tert-OH is 1. The Morgan fingerprint density at radius 2 is 1.78 bits per heavy atom. The number of likely N-dealkylation sites (tertiary alicyclic amines) is 2. The number of rotatable bonds is 3. The van der Waals surface area contributed by atoms with E-state index in [1.807, 2.05) is 0 Å². The first kappa shape index (κ1) is 13.1. The molecule has 2 aliphatic rings. The number of nitrogens with zero attached hydrogens (tertiary/aromatic N) is 2. The molecule has 2 fully saturated rings. The first-order valence-electron chi connectivity index (χ1n) is 6.49. The van der Waals surface area contributed by atoms with Crippen LogP contribution in [0.3, 0.4) is 0 Å². The Balaban J connectivity index is 1.84. The topological polar surface area (TPSA) is 81.1 Å². The minimum absolute atomic E-state index is 0.0424. The molecule has 0 bridgehead atoms. The van der Waals surface area contributed by atoms with Gasteiger partial charge in [-0.15, -0.1) is 0 Å². The van der Waals surface area contributed by atoms with Gasteiger partial charge in [0, 0.05) is 32.8 Å². The molecule has 0 aromatic carbocycles. The fraction of sp³-hybridized carbons (Fsp3) is 0.833. The van der Waals surface area contributed by atoms with E-state index >= 15 is 0 Å². The molecule has 2 aliphatic heterocycles. The predicted octanol–water partition coefficient (Wildman–Crippen LogP) is 0.217. The standard InChI is InChI=1S/C12H20N2O4/c15-6-3-9-1-4-13(7-9)12(18)14-5-2-10(8-14)11(16)17/h9-10,15H,1-8H2,(H,16,17). The SMILES string of the molecule is O=C(O)C1CCN(C(=O)N2CCC(CCO)C2)C1. The highest BCUT2D eigenvalue weighted by Gasteiger charge is 2.35. The Kier molecular flexibility index (Phi) is 4.06. The van der Waals surface area contributed by atoms with Crippen molar-refractivity contribution in [2.24, 2.45) is 11.8 Å². The third-order valence-electron chi connectivity index (χ3n) is 3.90. The van der Waals surface area contributed by atoms with Gasteiger partial charge in [0.25, 0.3) is 0 Å². The van der Waals surface area contributed by atoms with Crippen LogP contribution < -0.4 is 0 Å². The van der Waals surface area contributed by atoms with Crippen molar-refractivity contribution in [3.63, 3.8) is 0 Å². The normalized spacial score (nSPS) is 27.8. The fourth-order valence-electron chi connectivity index (χ4n) is 2.76. The van der Waals surface area contributed by atoms with Gasteiger partial charge in [0.05, 0.1) is 5.92 Å². The second-order valence-electron chi connectivity index (χ2n) is 5.17. The molecule has 102 valence electrons. The van der Waals surface area contributed by atoms with Gasteiger partial charge in [-0.1, -0.05) is 0 Å². The molecular weight excluding hydrogens is 236 g/mol. The molecule has 2 rings (SSSR count). The zero-order chi connectivity index (χ0) is 13.1. The van der Waals surface area contributed by atoms with Gasteiger partial charge in [-0.05, 0) is 25.2 Å². The van der Waals surface area contributed by atoms with Crippen LogP contribution in [0.1, 0.15) is 19.3 Å². The summed E-state index contributed by atoms with van der Waals surface area (Å²) in [6.45, 7) is 2.44. The first-order chi connectivity index (χ1) is 8.61. The molecule has 0 aromatic heterocycles. The molecule has 6 nitrogen and oxygen atoms in total. The molecular formula is C12H20N2O4. The Morgan fingerprint density at radius 3 is 2.39 bits per heavy atom. The Bertz CT molecular complexity index is 334. The summed E-state index contributed by atoms with van der Waals surface area (Å²) in [5, 5.41) is 17.8. The maximum absolute atomic E-state index is 12.2. The Morgan fingerprint density at radius 1 is 1.11 bits per heavy atom. The van der Waals surface area contributed by atoms with Gasteiger partial charge in [0.15, 0.2) is 0 Å². The van der Waals surface area contributed by atoms with Crippen LogP contribution in [0.25, 0.3) is 0 Å². The van der Waals surface area contributed by atoms with Gasteiger partial charge in [-0.25, -0.2) is 4.79 Å². The number of urea groups is 1. The third kappa shape index (κ3) is 2.75. The molecule has 0 spiro atoms. The molecule has 2 unspecified atom stereocenters. The number of amides is 2. The molecule has 0 aliphatic carbocycles. The molecule has 18 heavy (non-hydrogen) atoms. The minimum atomic E-state index is -0.815. The van der Waals surface area contributed by atoms with E-state index in [1.54, 1.807) is 9.80 Å². The maximum Gasteiger partial charge on any atom is 0.320 e. The second-order valence-corrected chi connectivity index (χ2v) is 5.17. The summed E-state index contributed by atoms with van der Waals surface area (Å²) in [7, 11) is 0. The first-order valence-corrected chi connectivity index (χ1v) is 6.49. The highest BCUT2D eigenvalue weighted by molar-refractivity contribution is 5.77. The summed E-state index contributed by atoms with van der Waals surface area (Å²) in [4.78, 5) is 26.4. The number of aliphatic hydroxyl groups is 1. The van der Waals surface area contributed by atoms with Crippen LogP contribution in [0.2, 0.25) is 0 Å². The zero-order valence-corrected chi connectivity index (χ0v) is 10.4. The highest BCUT2D eigenvalue weighted by atomic mass is 16.4. The van der Waals surface area contributed by atoms with Crippen molar-refractivity contribution in [1.82, 2.24) is 9.80 Å². The number of aliphatic carboxylic acids is 1. The van der Waals surface area contributed by atoms with Gasteiger partial charge in [0.1, 0.15) is 0 Å². The number of carbonyl (C=O) groups is 2. The molecule has 0 radical (unpaired) electrons. The van der Waals surface area contributed by atoms with Crippen molar-refractivity contribution >= 4 is 12.0 Å². The van der Waals surface area contributed by atoms with Crippen LogP contribution in [0.15, 0.2) is 0 Å². The summed E-state index contributed by atoms with van der Waals surface area (Å²) in [6.07, 6.45) is 2.22. The maximum atomic E-state index is 12.2. The van der Waals surface area contributed by atoms with Crippen molar-refractivity contribution in [2.45, 2.75) is 19.3 Å². The van der Waals surface area contributed by atoms with Crippen LogP contribution in [0.4, 0.5) is 4.79 Å². The van der Waals surface area contributed by atoms with Crippen molar-refractivity contribution in [1.29, 1.82) is 0 Å². The molecule has 2 amide bonds. The van der Waals surface area contributed by atoms with Crippen LogP contribution >= 0.6 is 0 Å². The highest BCUT2D eigenvalue weighted by Crippen LogP contribution is 2.23. The van der Waals surface area contributed by atoms with E-state index in [1.165, 1.54) is 0 Å². The Labute approximate surface area is 106 Å². The summed E-state index contributed by atoms with van der Waals surface area (Å²) in [5.74, 6) is -0.841. The second kappa shape index (κ2) is 5.56. The summed E-state index contributed by atoms with van der Waals surface area (Å²) in [5.41, 5.74) is 0. The summed E-state index contributed by atoms with van der Waals surface area (Å²) < 4.78 is 0. The molecule has 0 saturated carbocycles. The number of hydrogen-bond donors (Lipinski definition) is 2. The average Bonchev–Trinajstić information content (AvgIpc) is 2.97. The molecule has 2 heterocycles. The number of carboxylic acid groups (broad SMARTS) is 1. The lowest BCUT2D eigenvalue weighted by Gasteiger charge is -2.24. The van der Waals surface area contributed by atoms with Crippen LogP contribution in [-0.2, 0) is 4.79 Å². The van der Waals surface area contributed by atoms with E-state index in [-0.39, 0.29) is 12.6 Å².